The van der Waals surface area contributed by atoms with Crippen LogP contribution in [0.1, 0.15) is 60.3 Å². The van der Waals surface area contributed by atoms with Crippen LogP contribution in [0.25, 0.3) is 0 Å². The quantitative estimate of drug-likeness (QED) is 0.786. The zero-order valence-corrected chi connectivity index (χ0v) is 14.5. The Morgan fingerprint density at radius 2 is 1.65 bits per heavy atom. The van der Waals surface area contributed by atoms with Gasteiger partial charge in [0.2, 0.25) is 0 Å². The van der Waals surface area contributed by atoms with Gasteiger partial charge >= 0.3 is 0 Å². The van der Waals surface area contributed by atoms with Crippen LogP contribution in [0.4, 0.5) is 0 Å². The molecule has 1 aliphatic heterocycles. The van der Waals surface area contributed by atoms with Crippen molar-refractivity contribution in [1.82, 2.24) is 9.03 Å². The highest BCUT2D eigenvalue weighted by Crippen LogP contribution is 2.23. The van der Waals surface area contributed by atoms with E-state index in [4.69, 9.17) is 0 Å². The lowest BCUT2D eigenvalue weighted by atomic mass is 9.94. The molecule has 0 aromatic rings. The molecule has 5 heteroatoms. The molecule has 1 heterocycles. The van der Waals surface area contributed by atoms with Crippen molar-refractivity contribution >= 4 is 10.2 Å². The molecule has 1 N–H and O–H groups in total. The second kappa shape index (κ2) is 7.76. The van der Waals surface area contributed by atoms with Gasteiger partial charge in [0, 0.05) is 19.1 Å². The maximum Gasteiger partial charge on any atom is 0.279 e. The van der Waals surface area contributed by atoms with Crippen LogP contribution >= 0.6 is 0 Å². The molecular formula is C15H32N2O2S. The SMILES string of the molecule is CC(C)CCCC(C)NS(=O)(=O)N1CC(C)CC(C)C1. The first-order valence-corrected chi connectivity index (χ1v) is 9.42. The summed E-state index contributed by atoms with van der Waals surface area (Å²) in [5, 5.41) is 0. The van der Waals surface area contributed by atoms with Crippen LogP contribution in [0, 0.1) is 17.8 Å². The van der Waals surface area contributed by atoms with E-state index in [2.05, 4.69) is 32.4 Å². The Morgan fingerprint density at radius 1 is 1.10 bits per heavy atom. The van der Waals surface area contributed by atoms with E-state index in [1.54, 1.807) is 4.31 Å². The molecule has 1 aliphatic rings. The minimum atomic E-state index is -3.32. The van der Waals surface area contributed by atoms with Gasteiger partial charge in [-0.2, -0.15) is 17.4 Å². The van der Waals surface area contributed by atoms with Crippen molar-refractivity contribution in [2.45, 2.75) is 66.3 Å². The Hall–Kier alpha value is -0.130. The Kier molecular flexibility index (Phi) is 6.95. The summed E-state index contributed by atoms with van der Waals surface area (Å²) in [4.78, 5) is 0. The Bertz CT molecular complexity index is 371. The van der Waals surface area contributed by atoms with Crippen molar-refractivity contribution in [3.8, 4) is 0 Å². The lowest BCUT2D eigenvalue weighted by Gasteiger charge is -2.34. The largest absolute Gasteiger partial charge is 0.279 e. The Morgan fingerprint density at radius 3 is 2.15 bits per heavy atom. The molecule has 0 amide bonds. The highest BCUT2D eigenvalue weighted by atomic mass is 32.2. The first-order chi connectivity index (χ1) is 9.20. The summed E-state index contributed by atoms with van der Waals surface area (Å²) in [6.45, 7) is 11.9. The average molecular weight is 305 g/mol. The molecule has 0 aliphatic carbocycles. The van der Waals surface area contributed by atoms with Crippen LogP contribution in [0.5, 0.6) is 0 Å². The van der Waals surface area contributed by atoms with Gasteiger partial charge in [0.1, 0.15) is 0 Å². The Balaban J connectivity index is 2.47. The number of nitrogens with one attached hydrogen (secondary N) is 1. The Labute approximate surface area is 125 Å². The topological polar surface area (TPSA) is 49.4 Å². The summed E-state index contributed by atoms with van der Waals surface area (Å²) >= 11 is 0. The molecule has 1 fully saturated rings. The lowest BCUT2D eigenvalue weighted by molar-refractivity contribution is 0.219. The number of hydrogen-bond acceptors (Lipinski definition) is 2. The van der Waals surface area contributed by atoms with Crippen LogP contribution in [0.3, 0.4) is 0 Å². The number of nitrogens with zero attached hydrogens (tertiary/aromatic N) is 1. The molecule has 20 heavy (non-hydrogen) atoms. The van der Waals surface area contributed by atoms with Gasteiger partial charge in [0.25, 0.3) is 10.2 Å². The zero-order valence-electron chi connectivity index (χ0n) is 13.7. The second-order valence-corrected chi connectivity index (χ2v) is 8.81. The van der Waals surface area contributed by atoms with Gasteiger partial charge in [-0.15, -0.1) is 0 Å². The van der Waals surface area contributed by atoms with Crippen molar-refractivity contribution in [2.24, 2.45) is 17.8 Å². The second-order valence-electron chi connectivity index (χ2n) is 7.11. The summed E-state index contributed by atoms with van der Waals surface area (Å²) < 4.78 is 29.3. The molecule has 1 saturated heterocycles. The third-order valence-corrected chi connectivity index (χ3v) is 5.62. The smallest absolute Gasteiger partial charge is 0.199 e. The van der Waals surface area contributed by atoms with Gasteiger partial charge < -0.3 is 0 Å². The van der Waals surface area contributed by atoms with Gasteiger partial charge in [-0.3, -0.25) is 0 Å². The highest BCUT2D eigenvalue weighted by molar-refractivity contribution is 7.87. The summed E-state index contributed by atoms with van der Waals surface area (Å²) in [7, 11) is -3.32. The summed E-state index contributed by atoms with van der Waals surface area (Å²) in [5.74, 6) is 1.58. The molecule has 0 aromatic carbocycles. The van der Waals surface area contributed by atoms with Crippen molar-refractivity contribution in [3.05, 3.63) is 0 Å². The normalized spacial score (nSPS) is 26.9. The fourth-order valence-electron chi connectivity index (χ4n) is 3.02. The molecule has 4 nitrogen and oxygen atoms in total. The van der Waals surface area contributed by atoms with E-state index in [9.17, 15) is 8.42 Å². The molecule has 120 valence electrons. The van der Waals surface area contributed by atoms with Crippen LogP contribution in [0.2, 0.25) is 0 Å². The molecule has 0 spiro atoms. The number of rotatable bonds is 7. The third-order valence-electron chi connectivity index (χ3n) is 3.94. The predicted octanol–water partition coefficient (Wildman–Crippen LogP) is 3.01. The van der Waals surface area contributed by atoms with Crippen LogP contribution in [-0.4, -0.2) is 31.9 Å². The summed E-state index contributed by atoms with van der Waals surface area (Å²) in [6, 6.07) is 0.0197. The minimum Gasteiger partial charge on any atom is -0.199 e. The third kappa shape index (κ3) is 6.10. The van der Waals surface area contributed by atoms with Crippen molar-refractivity contribution in [2.75, 3.05) is 13.1 Å². The molecule has 0 saturated carbocycles. The maximum absolute atomic E-state index is 12.4. The van der Waals surface area contributed by atoms with Crippen molar-refractivity contribution in [3.63, 3.8) is 0 Å². The molecule has 3 atom stereocenters. The highest BCUT2D eigenvalue weighted by Gasteiger charge is 2.30. The fraction of sp³-hybridized carbons (Fsp3) is 1.00. The molecular weight excluding hydrogens is 272 g/mol. The maximum atomic E-state index is 12.4. The first-order valence-electron chi connectivity index (χ1n) is 7.98. The lowest BCUT2D eigenvalue weighted by Crippen LogP contribution is -2.49. The van der Waals surface area contributed by atoms with Gasteiger partial charge in [-0.25, -0.2) is 0 Å². The van der Waals surface area contributed by atoms with E-state index >= 15 is 0 Å². The minimum absolute atomic E-state index is 0.0197. The predicted molar refractivity (Wildman–Crippen MR) is 84.7 cm³/mol. The van der Waals surface area contributed by atoms with Crippen molar-refractivity contribution in [1.29, 1.82) is 0 Å². The van der Waals surface area contributed by atoms with E-state index in [1.165, 1.54) is 0 Å². The first kappa shape index (κ1) is 17.9. The van der Waals surface area contributed by atoms with E-state index in [0.29, 0.717) is 30.8 Å². The van der Waals surface area contributed by atoms with E-state index in [1.807, 2.05) is 6.92 Å². The van der Waals surface area contributed by atoms with Crippen LogP contribution < -0.4 is 4.72 Å². The monoisotopic (exact) mass is 304 g/mol. The molecule has 3 unspecified atom stereocenters. The van der Waals surface area contributed by atoms with Crippen LogP contribution in [-0.2, 0) is 10.2 Å². The van der Waals surface area contributed by atoms with Gasteiger partial charge in [0.15, 0.2) is 0 Å². The van der Waals surface area contributed by atoms with Gasteiger partial charge in [0.05, 0.1) is 0 Å². The number of hydrogen-bond donors (Lipinski definition) is 1. The summed E-state index contributed by atoms with van der Waals surface area (Å²) in [6.07, 6.45) is 4.27. The van der Waals surface area contributed by atoms with E-state index < -0.39 is 10.2 Å². The standard InChI is InChI=1S/C15H32N2O2S/c1-12(2)7-6-8-15(5)16-20(18,19)17-10-13(3)9-14(4)11-17/h12-16H,6-11H2,1-5H3. The number of piperidine rings is 1. The zero-order chi connectivity index (χ0) is 15.3. The fourth-order valence-corrected chi connectivity index (χ4v) is 4.70. The van der Waals surface area contributed by atoms with E-state index in [0.717, 1.165) is 25.7 Å². The molecule has 0 bridgehead atoms. The summed E-state index contributed by atoms with van der Waals surface area (Å²) in [5.41, 5.74) is 0. The molecule has 1 rings (SSSR count). The van der Waals surface area contributed by atoms with Crippen molar-refractivity contribution < 1.29 is 8.42 Å². The van der Waals surface area contributed by atoms with Gasteiger partial charge in [-0.05, 0) is 37.5 Å². The van der Waals surface area contributed by atoms with Crippen LogP contribution in [0.15, 0.2) is 0 Å². The average Bonchev–Trinajstić information content (AvgIpc) is 2.26. The van der Waals surface area contributed by atoms with Gasteiger partial charge in [-0.1, -0.05) is 40.5 Å². The molecule has 0 radical (unpaired) electrons. The molecule has 0 aromatic heterocycles. The van der Waals surface area contributed by atoms with E-state index in [-0.39, 0.29) is 6.04 Å².